The average Bonchev–Trinajstić information content (AvgIpc) is 3.02. The van der Waals surface area contributed by atoms with Crippen molar-refractivity contribution >= 4 is 5.91 Å². The van der Waals surface area contributed by atoms with E-state index in [1.807, 2.05) is 13.8 Å². The summed E-state index contributed by atoms with van der Waals surface area (Å²) in [5.41, 5.74) is 0.937. The van der Waals surface area contributed by atoms with Crippen LogP contribution in [-0.4, -0.2) is 43.8 Å². The summed E-state index contributed by atoms with van der Waals surface area (Å²) in [6.07, 6.45) is 1.27. The smallest absolute Gasteiger partial charge is 0.251 e. The van der Waals surface area contributed by atoms with E-state index in [-0.39, 0.29) is 12.5 Å². The van der Waals surface area contributed by atoms with E-state index in [2.05, 4.69) is 25.9 Å². The third kappa shape index (κ3) is 3.63. The molecule has 1 aromatic heterocycles. The lowest BCUT2D eigenvalue weighted by atomic mass is 9.94. The van der Waals surface area contributed by atoms with Crippen molar-refractivity contribution in [3.63, 3.8) is 0 Å². The van der Waals surface area contributed by atoms with Gasteiger partial charge in [0.2, 0.25) is 5.82 Å². The second-order valence-corrected chi connectivity index (χ2v) is 5.15. The molecule has 3 N–H and O–H groups in total. The number of hydrogen-bond donors (Lipinski definition) is 3. The van der Waals surface area contributed by atoms with Crippen molar-refractivity contribution in [3.8, 4) is 11.4 Å². The first-order valence-corrected chi connectivity index (χ1v) is 6.85. The van der Waals surface area contributed by atoms with Crippen LogP contribution in [0.3, 0.4) is 0 Å². The molecule has 0 bridgehead atoms. The van der Waals surface area contributed by atoms with E-state index in [1.54, 1.807) is 24.3 Å². The second-order valence-electron chi connectivity index (χ2n) is 5.15. The highest BCUT2D eigenvalue weighted by molar-refractivity contribution is 5.95. The Morgan fingerprint density at radius 1 is 1.38 bits per heavy atom. The predicted octanol–water partition coefficient (Wildman–Crippen LogP) is 1.15. The summed E-state index contributed by atoms with van der Waals surface area (Å²) < 4.78 is 0. The normalized spacial score (nSPS) is 13.7. The molecule has 1 unspecified atom stereocenters. The van der Waals surface area contributed by atoms with Gasteiger partial charge < -0.3 is 10.4 Å². The Kier molecular flexibility index (Phi) is 4.64. The Bertz CT molecular complexity index is 582. The van der Waals surface area contributed by atoms with Crippen molar-refractivity contribution in [1.82, 2.24) is 25.9 Å². The molecule has 2 rings (SSSR count). The number of benzene rings is 1. The van der Waals surface area contributed by atoms with Gasteiger partial charge in [0, 0.05) is 23.3 Å². The highest BCUT2D eigenvalue weighted by Gasteiger charge is 2.24. The number of aromatic nitrogens is 4. The third-order valence-electron chi connectivity index (χ3n) is 3.61. The van der Waals surface area contributed by atoms with Crippen molar-refractivity contribution in [3.05, 3.63) is 29.8 Å². The first-order chi connectivity index (χ1) is 10.1. The van der Waals surface area contributed by atoms with Crippen molar-refractivity contribution in [2.45, 2.75) is 32.2 Å². The van der Waals surface area contributed by atoms with Crippen LogP contribution in [0.5, 0.6) is 0 Å². The maximum absolute atomic E-state index is 12.2. The molecule has 1 amide bonds. The molecule has 21 heavy (non-hydrogen) atoms. The molecule has 2 aromatic rings. The van der Waals surface area contributed by atoms with Gasteiger partial charge in [-0.3, -0.25) is 4.79 Å². The molecule has 7 heteroatoms. The van der Waals surface area contributed by atoms with Crippen LogP contribution in [0.15, 0.2) is 24.3 Å². The summed E-state index contributed by atoms with van der Waals surface area (Å²) in [6.45, 7) is 3.95. The molecule has 0 saturated carbocycles. The van der Waals surface area contributed by atoms with Gasteiger partial charge in [-0.1, -0.05) is 19.1 Å². The largest absolute Gasteiger partial charge is 0.396 e. The van der Waals surface area contributed by atoms with Gasteiger partial charge >= 0.3 is 0 Å². The molecule has 0 radical (unpaired) electrons. The number of carbonyl (C=O) groups excluding carboxylic acids is 1. The van der Waals surface area contributed by atoms with E-state index < -0.39 is 5.54 Å². The topological polar surface area (TPSA) is 104 Å². The number of aliphatic hydroxyl groups excluding tert-OH is 1. The van der Waals surface area contributed by atoms with Crippen LogP contribution in [-0.2, 0) is 0 Å². The van der Waals surface area contributed by atoms with Crippen LogP contribution in [0.2, 0.25) is 0 Å². The Morgan fingerprint density at radius 2 is 2.10 bits per heavy atom. The summed E-state index contributed by atoms with van der Waals surface area (Å²) in [4.78, 5) is 12.2. The summed E-state index contributed by atoms with van der Waals surface area (Å²) in [7, 11) is 0. The molecule has 1 heterocycles. The average molecular weight is 289 g/mol. The number of tetrazole rings is 1. The van der Waals surface area contributed by atoms with Crippen molar-refractivity contribution in [1.29, 1.82) is 0 Å². The third-order valence-corrected chi connectivity index (χ3v) is 3.61. The predicted molar refractivity (Wildman–Crippen MR) is 77.5 cm³/mol. The minimum absolute atomic E-state index is 0.0430. The zero-order valence-electron chi connectivity index (χ0n) is 12.1. The van der Waals surface area contributed by atoms with Gasteiger partial charge in [-0.2, -0.15) is 5.21 Å². The van der Waals surface area contributed by atoms with E-state index in [1.165, 1.54) is 0 Å². The van der Waals surface area contributed by atoms with E-state index in [4.69, 9.17) is 5.11 Å². The summed E-state index contributed by atoms with van der Waals surface area (Å²) >= 11 is 0. The zero-order valence-corrected chi connectivity index (χ0v) is 12.1. The standard InChI is InChI=1S/C14H19N5O2/c1-3-14(2,8-9-20)15-13(21)11-6-4-10(5-7-11)12-16-18-19-17-12/h4-7,20H,3,8-9H2,1-2H3,(H,15,21)(H,16,17,18,19). The highest BCUT2D eigenvalue weighted by atomic mass is 16.3. The van der Waals surface area contributed by atoms with Crippen molar-refractivity contribution in [2.24, 2.45) is 0 Å². The number of aliphatic hydroxyl groups is 1. The van der Waals surface area contributed by atoms with Gasteiger partial charge in [-0.15, -0.1) is 10.2 Å². The fourth-order valence-electron chi connectivity index (χ4n) is 1.98. The fourth-order valence-corrected chi connectivity index (χ4v) is 1.98. The summed E-state index contributed by atoms with van der Waals surface area (Å²) in [5, 5.41) is 25.7. The highest BCUT2D eigenvalue weighted by Crippen LogP contribution is 2.17. The van der Waals surface area contributed by atoms with Gasteiger partial charge in [0.15, 0.2) is 0 Å². The van der Waals surface area contributed by atoms with Crippen LogP contribution < -0.4 is 5.32 Å². The number of nitrogens with zero attached hydrogens (tertiary/aromatic N) is 3. The van der Waals surface area contributed by atoms with Crippen LogP contribution >= 0.6 is 0 Å². The van der Waals surface area contributed by atoms with Gasteiger partial charge in [-0.25, -0.2) is 0 Å². The number of aromatic amines is 1. The number of hydrogen-bond acceptors (Lipinski definition) is 5. The van der Waals surface area contributed by atoms with E-state index >= 15 is 0 Å². The van der Waals surface area contributed by atoms with Crippen LogP contribution in [0.4, 0.5) is 0 Å². The lowest BCUT2D eigenvalue weighted by molar-refractivity contribution is 0.0886. The lowest BCUT2D eigenvalue weighted by Crippen LogP contribution is -2.46. The molecule has 0 spiro atoms. The van der Waals surface area contributed by atoms with Gasteiger partial charge in [-0.05, 0) is 37.1 Å². The van der Waals surface area contributed by atoms with Crippen LogP contribution in [0, 0.1) is 0 Å². The quantitative estimate of drug-likeness (QED) is 0.740. The van der Waals surface area contributed by atoms with E-state index in [0.29, 0.717) is 17.8 Å². The molecule has 0 aliphatic carbocycles. The van der Waals surface area contributed by atoms with E-state index in [9.17, 15) is 4.79 Å². The first-order valence-electron chi connectivity index (χ1n) is 6.85. The molecule has 112 valence electrons. The van der Waals surface area contributed by atoms with Crippen LogP contribution in [0.1, 0.15) is 37.0 Å². The molecular weight excluding hydrogens is 270 g/mol. The molecule has 0 fully saturated rings. The number of nitrogens with one attached hydrogen (secondary N) is 2. The number of H-pyrrole nitrogens is 1. The maximum Gasteiger partial charge on any atom is 0.251 e. The Morgan fingerprint density at radius 3 is 2.62 bits per heavy atom. The summed E-state index contributed by atoms with van der Waals surface area (Å²) in [5.74, 6) is 0.327. The van der Waals surface area contributed by atoms with Crippen LogP contribution in [0.25, 0.3) is 11.4 Å². The number of rotatable bonds is 6. The number of carbonyl (C=O) groups is 1. The SMILES string of the molecule is CCC(C)(CCO)NC(=O)c1ccc(-c2nn[nH]n2)cc1. The van der Waals surface area contributed by atoms with Gasteiger partial charge in [0.1, 0.15) is 0 Å². The lowest BCUT2D eigenvalue weighted by Gasteiger charge is -2.29. The zero-order chi connectivity index (χ0) is 15.3. The minimum atomic E-state index is -0.405. The monoisotopic (exact) mass is 289 g/mol. The minimum Gasteiger partial charge on any atom is -0.396 e. The van der Waals surface area contributed by atoms with Gasteiger partial charge in [0.05, 0.1) is 0 Å². The maximum atomic E-state index is 12.2. The molecule has 0 aliphatic heterocycles. The van der Waals surface area contributed by atoms with Crippen molar-refractivity contribution in [2.75, 3.05) is 6.61 Å². The summed E-state index contributed by atoms with van der Waals surface area (Å²) in [6, 6.07) is 6.98. The molecule has 0 saturated heterocycles. The Hall–Kier alpha value is -2.28. The molecule has 1 aromatic carbocycles. The van der Waals surface area contributed by atoms with E-state index in [0.717, 1.165) is 12.0 Å². The fraction of sp³-hybridized carbons (Fsp3) is 0.429. The second kappa shape index (κ2) is 6.45. The molecule has 0 aliphatic rings. The Labute approximate surface area is 122 Å². The first kappa shape index (κ1) is 15.1. The Balaban J connectivity index is 2.10. The molecule has 7 nitrogen and oxygen atoms in total. The van der Waals surface area contributed by atoms with Gasteiger partial charge in [0.25, 0.3) is 5.91 Å². The number of amides is 1. The molecular formula is C14H19N5O2. The van der Waals surface area contributed by atoms with Crippen molar-refractivity contribution < 1.29 is 9.90 Å². The molecule has 1 atom stereocenters.